The van der Waals surface area contributed by atoms with Crippen LogP contribution in [0.25, 0.3) is 0 Å². The molecule has 1 saturated heterocycles. The number of aliphatic hydroxyl groups is 1. The van der Waals surface area contributed by atoms with E-state index in [1.165, 1.54) is 0 Å². The summed E-state index contributed by atoms with van der Waals surface area (Å²) >= 11 is 1.88. The smallest absolute Gasteiger partial charge is 0.253 e. The van der Waals surface area contributed by atoms with Gasteiger partial charge in [-0.25, -0.2) is 0 Å². The van der Waals surface area contributed by atoms with Crippen molar-refractivity contribution >= 4 is 17.7 Å². The number of aliphatic hydroxyl groups excluding tert-OH is 1. The van der Waals surface area contributed by atoms with E-state index in [4.69, 9.17) is 9.84 Å². The standard InChI is InChI=1S/C16H19NO3S/c1-17(14-7-9-21-11-14)16(19)13-5-6-15(20-2)12(10-13)4-3-8-18/h5-6,10,14,18H,7-9,11H2,1-2H3. The van der Waals surface area contributed by atoms with Gasteiger partial charge in [-0.1, -0.05) is 11.8 Å². The van der Waals surface area contributed by atoms with Gasteiger partial charge >= 0.3 is 0 Å². The fraction of sp³-hybridized carbons (Fsp3) is 0.438. The highest BCUT2D eigenvalue weighted by atomic mass is 32.2. The zero-order valence-electron chi connectivity index (χ0n) is 12.3. The summed E-state index contributed by atoms with van der Waals surface area (Å²) in [4.78, 5) is 14.3. The van der Waals surface area contributed by atoms with Gasteiger partial charge in [0, 0.05) is 24.4 Å². The molecule has 1 unspecified atom stereocenters. The van der Waals surface area contributed by atoms with Gasteiger partial charge in [-0.2, -0.15) is 11.8 Å². The summed E-state index contributed by atoms with van der Waals surface area (Å²) in [5.41, 5.74) is 1.21. The second kappa shape index (κ2) is 7.39. The Balaban J connectivity index is 2.24. The average Bonchev–Trinajstić information content (AvgIpc) is 3.05. The van der Waals surface area contributed by atoms with Crippen molar-refractivity contribution in [3.8, 4) is 17.6 Å². The van der Waals surface area contributed by atoms with Gasteiger partial charge < -0.3 is 14.7 Å². The molecule has 1 aromatic rings. The largest absolute Gasteiger partial charge is 0.495 e. The minimum atomic E-state index is -0.222. The van der Waals surface area contributed by atoms with Gasteiger partial charge in [-0.05, 0) is 30.4 Å². The van der Waals surface area contributed by atoms with Crippen LogP contribution >= 0.6 is 11.8 Å². The van der Waals surface area contributed by atoms with Crippen LogP contribution in [0.5, 0.6) is 5.75 Å². The van der Waals surface area contributed by atoms with E-state index in [2.05, 4.69) is 11.8 Å². The van der Waals surface area contributed by atoms with Crippen LogP contribution in [0.1, 0.15) is 22.3 Å². The molecule has 0 spiro atoms. The van der Waals surface area contributed by atoms with Crippen LogP contribution in [0.3, 0.4) is 0 Å². The Morgan fingerprint density at radius 2 is 2.38 bits per heavy atom. The average molecular weight is 305 g/mol. The Morgan fingerprint density at radius 3 is 3.00 bits per heavy atom. The predicted octanol–water partition coefficient (Wildman–Crippen LogP) is 1.62. The Morgan fingerprint density at radius 1 is 1.57 bits per heavy atom. The molecule has 21 heavy (non-hydrogen) atoms. The molecule has 0 radical (unpaired) electrons. The molecule has 0 bridgehead atoms. The van der Waals surface area contributed by atoms with Gasteiger partial charge in [-0.3, -0.25) is 4.79 Å². The maximum atomic E-state index is 12.5. The lowest BCUT2D eigenvalue weighted by atomic mass is 10.1. The van der Waals surface area contributed by atoms with Crippen LogP contribution in [-0.2, 0) is 0 Å². The lowest BCUT2D eigenvalue weighted by Gasteiger charge is -2.24. The SMILES string of the molecule is COc1ccc(C(=O)N(C)C2CCSC2)cc1C#CCO. The molecule has 1 N–H and O–H groups in total. The molecule has 112 valence electrons. The van der Waals surface area contributed by atoms with Gasteiger partial charge in [0.2, 0.25) is 0 Å². The summed E-state index contributed by atoms with van der Waals surface area (Å²) in [7, 11) is 3.41. The van der Waals surface area contributed by atoms with Crippen molar-refractivity contribution < 1.29 is 14.6 Å². The van der Waals surface area contributed by atoms with Crippen molar-refractivity contribution in [3.63, 3.8) is 0 Å². The second-order valence-corrected chi connectivity index (χ2v) is 5.96. The quantitative estimate of drug-likeness (QED) is 0.862. The highest BCUT2D eigenvalue weighted by Crippen LogP contribution is 2.24. The number of carbonyl (C=O) groups is 1. The molecule has 1 aliphatic rings. The third-order valence-corrected chi connectivity index (χ3v) is 4.67. The lowest BCUT2D eigenvalue weighted by molar-refractivity contribution is 0.0748. The molecular weight excluding hydrogens is 286 g/mol. The van der Waals surface area contributed by atoms with E-state index in [0.717, 1.165) is 17.9 Å². The number of nitrogens with zero attached hydrogens (tertiary/aromatic N) is 1. The maximum Gasteiger partial charge on any atom is 0.253 e. The first-order valence-electron chi connectivity index (χ1n) is 6.80. The number of carbonyl (C=O) groups excluding carboxylic acids is 1. The van der Waals surface area contributed by atoms with Crippen molar-refractivity contribution in [2.45, 2.75) is 12.5 Å². The van der Waals surface area contributed by atoms with Crippen molar-refractivity contribution in [1.82, 2.24) is 4.90 Å². The number of hydrogen-bond donors (Lipinski definition) is 1. The van der Waals surface area contributed by atoms with E-state index in [9.17, 15) is 4.79 Å². The molecular formula is C16H19NO3S. The van der Waals surface area contributed by atoms with Gasteiger partial charge in [-0.15, -0.1) is 0 Å². The second-order valence-electron chi connectivity index (χ2n) is 4.81. The first-order valence-corrected chi connectivity index (χ1v) is 7.95. The molecule has 0 aromatic heterocycles. The zero-order chi connectivity index (χ0) is 15.2. The summed E-state index contributed by atoms with van der Waals surface area (Å²) in [5.74, 6) is 8.11. The van der Waals surface area contributed by atoms with Crippen LogP contribution in [0.15, 0.2) is 18.2 Å². The van der Waals surface area contributed by atoms with Gasteiger partial charge in [0.25, 0.3) is 5.91 Å². The molecule has 5 heteroatoms. The molecule has 1 aromatic carbocycles. The van der Waals surface area contributed by atoms with Gasteiger partial charge in [0.15, 0.2) is 0 Å². The Hall–Kier alpha value is -1.64. The lowest BCUT2D eigenvalue weighted by Crippen LogP contribution is -2.37. The monoisotopic (exact) mass is 305 g/mol. The van der Waals surface area contributed by atoms with Crippen molar-refractivity contribution in [2.24, 2.45) is 0 Å². The molecule has 4 nitrogen and oxygen atoms in total. The Bertz CT molecular complexity index is 571. The van der Waals surface area contributed by atoms with Crippen molar-refractivity contribution in [2.75, 3.05) is 32.3 Å². The van der Waals surface area contributed by atoms with Crippen molar-refractivity contribution in [3.05, 3.63) is 29.3 Å². The van der Waals surface area contributed by atoms with E-state index in [-0.39, 0.29) is 12.5 Å². The topological polar surface area (TPSA) is 49.8 Å². The first-order chi connectivity index (χ1) is 10.2. The van der Waals surface area contributed by atoms with Crippen LogP contribution < -0.4 is 4.74 Å². The van der Waals surface area contributed by atoms with E-state index < -0.39 is 0 Å². The molecule has 2 rings (SSSR count). The number of amides is 1. The highest BCUT2D eigenvalue weighted by Gasteiger charge is 2.24. The first kappa shape index (κ1) is 15.7. The molecule has 1 fully saturated rings. The number of benzene rings is 1. The zero-order valence-corrected chi connectivity index (χ0v) is 13.1. The normalized spacial score (nSPS) is 17.0. The summed E-state index contributed by atoms with van der Waals surface area (Å²) in [6.45, 7) is -0.222. The third-order valence-electron chi connectivity index (χ3n) is 3.52. The molecule has 1 amide bonds. The van der Waals surface area contributed by atoms with Crippen LogP contribution in [0, 0.1) is 11.8 Å². The summed E-state index contributed by atoms with van der Waals surface area (Å²) in [6.07, 6.45) is 1.04. The number of hydrogen-bond acceptors (Lipinski definition) is 4. The Kier molecular flexibility index (Phi) is 5.54. The van der Waals surface area contributed by atoms with Crippen molar-refractivity contribution in [1.29, 1.82) is 0 Å². The number of methoxy groups -OCH3 is 1. The summed E-state index contributed by atoms with van der Waals surface area (Å²) in [5, 5.41) is 8.81. The van der Waals surface area contributed by atoms with Crippen LogP contribution in [-0.4, -0.2) is 54.2 Å². The third kappa shape index (κ3) is 3.72. The number of thioether (sulfide) groups is 1. The number of ether oxygens (including phenoxy) is 1. The molecule has 1 atom stereocenters. The minimum Gasteiger partial charge on any atom is -0.495 e. The summed E-state index contributed by atoms with van der Waals surface area (Å²) < 4.78 is 5.23. The maximum absolute atomic E-state index is 12.5. The van der Waals surface area contributed by atoms with E-state index in [1.807, 2.05) is 23.7 Å². The molecule has 1 aliphatic heterocycles. The molecule has 0 aliphatic carbocycles. The van der Waals surface area contributed by atoms with Crippen LogP contribution in [0.2, 0.25) is 0 Å². The van der Waals surface area contributed by atoms with Gasteiger partial charge in [0.05, 0.1) is 12.7 Å². The minimum absolute atomic E-state index is 0.00259. The predicted molar refractivity (Wildman–Crippen MR) is 84.8 cm³/mol. The number of rotatable bonds is 3. The van der Waals surface area contributed by atoms with E-state index in [0.29, 0.717) is 22.9 Å². The Labute approximate surface area is 129 Å². The summed E-state index contributed by atoms with van der Waals surface area (Å²) in [6, 6.07) is 5.52. The van der Waals surface area contributed by atoms with E-state index in [1.54, 1.807) is 25.3 Å². The molecule has 0 saturated carbocycles. The van der Waals surface area contributed by atoms with Gasteiger partial charge in [0.1, 0.15) is 12.4 Å². The fourth-order valence-electron chi connectivity index (χ4n) is 2.27. The van der Waals surface area contributed by atoms with E-state index >= 15 is 0 Å². The van der Waals surface area contributed by atoms with Crippen LogP contribution in [0.4, 0.5) is 0 Å². The fourth-order valence-corrected chi connectivity index (χ4v) is 3.54. The highest BCUT2D eigenvalue weighted by molar-refractivity contribution is 7.99. The molecule has 1 heterocycles.